The largest absolute Gasteiger partial charge is 0.344 e. The van der Waals surface area contributed by atoms with E-state index >= 15 is 0 Å². The fourth-order valence-electron chi connectivity index (χ4n) is 3.06. The summed E-state index contributed by atoms with van der Waals surface area (Å²) in [7, 11) is 1.88. The Bertz CT molecular complexity index is 926. The van der Waals surface area contributed by atoms with Crippen molar-refractivity contribution in [1.82, 2.24) is 25.3 Å². The fraction of sp³-hybridized carbons (Fsp3) is 0.316. The second kappa shape index (κ2) is 7.11. The highest BCUT2D eigenvalue weighted by Crippen LogP contribution is 2.25. The molecule has 0 bridgehead atoms. The topological polar surface area (TPSA) is 75.6 Å². The minimum atomic E-state index is -0.296. The summed E-state index contributed by atoms with van der Waals surface area (Å²) in [4.78, 5) is 12.6. The van der Waals surface area contributed by atoms with Crippen molar-refractivity contribution < 1.29 is 9.18 Å². The number of carbonyl (C=O) groups excluding carboxylic acids is 1. The van der Waals surface area contributed by atoms with Gasteiger partial charge in [0.1, 0.15) is 11.5 Å². The van der Waals surface area contributed by atoms with E-state index in [-0.39, 0.29) is 17.8 Å². The number of aromatic amines is 1. The van der Waals surface area contributed by atoms with E-state index in [1.165, 1.54) is 12.1 Å². The Labute approximate surface area is 151 Å². The van der Waals surface area contributed by atoms with Crippen molar-refractivity contribution in [2.45, 2.75) is 33.2 Å². The predicted molar refractivity (Wildman–Crippen MR) is 97.2 cm³/mol. The molecule has 1 amide bonds. The molecule has 0 saturated carbocycles. The summed E-state index contributed by atoms with van der Waals surface area (Å²) in [6.07, 6.45) is 0.694. The van der Waals surface area contributed by atoms with Crippen LogP contribution in [0.3, 0.4) is 0 Å². The monoisotopic (exact) mass is 355 g/mol. The minimum absolute atomic E-state index is 0.197. The summed E-state index contributed by atoms with van der Waals surface area (Å²) in [6.45, 7) is 5.85. The molecule has 2 aromatic heterocycles. The molecule has 1 atom stereocenters. The van der Waals surface area contributed by atoms with E-state index in [1.807, 2.05) is 27.8 Å². The predicted octanol–water partition coefficient (Wildman–Crippen LogP) is 3.45. The van der Waals surface area contributed by atoms with Gasteiger partial charge in [0, 0.05) is 18.3 Å². The molecule has 0 saturated heterocycles. The van der Waals surface area contributed by atoms with Crippen molar-refractivity contribution >= 4 is 5.91 Å². The standard InChI is InChI=1S/C19H22FN5O/c1-5-15(13-6-8-14(20)9-7-13)21-19(26)17-10-16(22-23-17)18-11(2)24-25(4)12(18)3/h6-10,15H,5H2,1-4H3,(H,21,26)(H,22,23). The van der Waals surface area contributed by atoms with Gasteiger partial charge in [0.2, 0.25) is 0 Å². The lowest BCUT2D eigenvalue weighted by atomic mass is 10.0. The Morgan fingerprint density at radius 1 is 1.31 bits per heavy atom. The van der Waals surface area contributed by atoms with Crippen LogP contribution in [0.15, 0.2) is 30.3 Å². The smallest absolute Gasteiger partial charge is 0.269 e. The highest BCUT2D eigenvalue weighted by Gasteiger charge is 2.19. The first-order chi connectivity index (χ1) is 12.4. The molecule has 2 N–H and O–H groups in total. The van der Waals surface area contributed by atoms with Gasteiger partial charge < -0.3 is 5.32 Å². The van der Waals surface area contributed by atoms with E-state index in [0.29, 0.717) is 17.8 Å². The Hall–Kier alpha value is -2.96. The van der Waals surface area contributed by atoms with E-state index in [4.69, 9.17) is 0 Å². The Morgan fingerprint density at radius 3 is 2.58 bits per heavy atom. The fourth-order valence-corrected chi connectivity index (χ4v) is 3.06. The van der Waals surface area contributed by atoms with E-state index in [2.05, 4.69) is 20.6 Å². The Kier molecular flexibility index (Phi) is 4.88. The number of aryl methyl sites for hydroxylation is 2. The summed E-state index contributed by atoms with van der Waals surface area (Å²) in [6, 6.07) is 7.69. The average Bonchev–Trinajstić information content (AvgIpc) is 3.18. The zero-order valence-electron chi connectivity index (χ0n) is 15.3. The number of nitrogens with one attached hydrogen (secondary N) is 2. The van der Waals surface area contributed by atoms with Gasteiger partial charge in [-0.3, -0.25) is 14.6 Å². The molecule has 0 aliphatic carbocycles. The molecule has 0 spiro atoms. The summed E-state index contributed by atoms with van der Waals surface area (Å²) in [5.74, 6) is -0.547. The van der Waals surface area contributed by atoms with Crippen molar-refractivity contribution in [3.8, 4) is 11.3 Å². The third-order valence-corrected chi connectivity index (χ3v) is 4.57. The lowest BCUT2D eigenvalue weighted by molar-refractivity contribution is 0.0930. The van der Waals surface area contributed by atoms with Crippen molar-refractivity contribution in [3.63, 3.8) is 0 Å². The van der Waals surface area contributed by atoms with E-state index in [1.54, 1.807) is 22.9 Å². The van der Waals surface area contributed by atoms with Gasteiger partial charge in [-0.1, -0.05) is 19.1 Å². The molecule has 6 nitrogen and oxygen atoms in total. The highest BCUT2D eigenvalue weighted by atomic mass is 19.1. The molecule has 0 aliphatic rings. The van der Waals surface area contributed by atoms with Gasteiger partial charge in [-0.25, -0.2) is 4.39 Å². The van der Waals surface area contributed by atoms with Gasteiger partial charge in [0.05, 0.1) is 17.4 Å². The zero-order chi connectivity index (χ0) is 18.8. The third-order valence-electron chi connectivity index (χ3n) is 4.57. The molecule has 0 aliphatic heterocycles. The van der Waals surface area contributed by atoms with Crippen LogP contribution in [0.1, 0.15) is 46.8 Å². The van der Waals surface area contributed by atoms with Crippen LogP contribution in [0.5, 0.6) is 0 Å². The maximum Gasteiger partial charge on any atom is 0.269 e. The van der Waals surface area contributed by atoms with Crippen LogP contribution in [0, 0.1) is 19.7 Å². The first kappa shape index (κ1) is 17.8. The average molecular weight is 355 g/mol. The van der Waals surface area contributed by atoms with Gasteiger partial charge in [-0.05, 0) is 44.0 Å². The molecule has 7 heteroatoms. The van der Waals surface area contributed by atoms with Crippen LogP contribution in [-0.2, 0) is 7.05 Å². The number of carbonyl (C=O) groups is 1. The normalized spacial score (nSPS) is 12.2. The molecule has 1 aromatic carbocycles. The number of amides is 1. The zero-order valence-corrected chi connectivity index (χ0v) is 15.3. The molecule has 26 heavy (non-hydrogen) atoms. The van der Waals surface area contributed by atoms with Gasteiger partial charge in [0.25, 0.3) is 5.91 Å². The lowest BCUT2D eigenvalue weighted by Gasteiger charge is -2.16. The first-order valence-corrected chi connectivity index (χ1v) is 8.53. The van der Waals surface area contributed by atoms with E-state index < -0.39 is 0 Å². The lowest BCUT2D eigenvalue weighted by Crippen LogP contribution is -2.28. The van der Waals surface area contributed by atoms with Crippen molar-refractivity contribution in [2.24, 2.45) is 7.05 Å². The number of nitrogens with zero attached hydrogens (tertiary/aromatic N) is 3. The second-order valence-corrected chi connectivity index (χ2v) is 6.32. The summed E-state index contributed by atoms with van der Waals surface area (Å²) >= 11 is 0. The summed E-state index contributed by atoms with van der Waals surface area (Å²) in [5.41, 5.74) is 4.70. The first-order valence-electron chi connectivity index (χ1n) is 8.53. The molecule has 0 fully saturated rings. The maximum absolute atomic E-state index is 13.1. The molecule has 0 radical (unpaired) electrons. The van der Waals surface area contributed by atoms with Crippen LogP contribution in [0.25, 0.3) is 11.3 Å². The van der Waals surface area contributed by atoms with E-state index in [0.717, 1.165) is 22.5 Å². The third kappa shape index (κ3) is 3.37. The van der Waals surface area contributed by atoms with Crippen molar-refractivity contribution in [1.29, 1.82) is 0 Å². The number of rotatable bonds is 5. The van der Waals surface area contributed by atoms with E-state index in [9.17, 15) is 9.18 Å². The second-order valence-electron chi connectivity index (χ2n) is 6.32. The van der Waals surface area contributed by atoms with Crippen molar-refractivity contribution in [3.05, 3.63) is 58.8 Å². The highest BCUT2D eigenvalue weighted by molar-refractivity contribution is 5.93. The number of hydrogen-bond donors (Lipinski definition) is 2. The molecular formula is C19H22FN5O. The van der Waals surface area contributed by atoms with Crippen LogP contribution in [-0.4, -0.2) is 25.9 Å². The molecule has 1 unspecified atom stereocenters. The number of hydrogen-bond acceptors (Lipinski definition) is 3. The molecule has 3 aromatic rings. The van der Waals surface area contributed by atoms with Crippen LogP contribution >= 0.6 is 0 Å². The van der Waals surface area contributed by atoms with Crippen LogP contribution < -0.4 is 5.32 Å². The van der Waals surface area contributed by atoms with Crippen LogP contribution in [0.4, 0.5) is 4.39 Å². The summed E-state index contributed by atoms with van der Waals surface area (Å²) in [5, 5.41) is 14.4. The number of H-pyrrole nitrogens is 1. The van der Waals surface area contributed by atoms with Gasteiger partial charge in [-0.15, -0.1) is 0 Å². The Morgan fingerprint density at radius 2 is 2.00 bits per heavy atom. The number of benzene rings is 1. The number of halogens is 1. The maximum atomic E-state index is 13.1. The van der Waals surface area contributed by atoms with Gasteiger partial charge in [0.15, 0.2) is 0 Å². The molecular weight excluding hydrogens is 333 g/mol. The summed E-state index contributed by atoms with van der Waals surface area (Å²) < 4.78 is 14.9. The van der Waals surface area contributed by atoms with Crippen molar-refractivity contribution in [2.75, 3.05) is 0 Å². The SMILES string of the molecule is CCC(NC(=O)c1cc(-c2c(C)nn(C)c2C)n[nH]1)c1ccc(F)cc1. The van der Waals surface area contributed by atoms with Gasteiger partial charge in [-0.2, -0.15) is 10.2 Å². The van der Waals surface area contributed by atoms with Crippen LogP contribution in [0.2, 0.25) is 0 Å². The Balaban J connectivity index is 1.80. The minimum Gasteiger partial charge on any atom is -0.344 e. The van der Waals surface area contributed by atoms with Gasteiger partial charge >= 0.3 is 0 Å². The quantitative estimate of drug-likeness (QED) is 0.736. The molecule has 136 valence electrons. The molecule has 3 rings (SSSR count). The molecule has 2 heterocycles. The number of aromatic nitrogens is 4.